The predicted octanol–water partition coefficient (Wildman–Crippen LogP) is 5.33. The van der Waals surface area contributed by atoms with Gasteiger partial charge in [0.1, 0.15) is 11.5 Å². The summed E-state index contributed by atoms with van der Waals surface area (Å²) in [4.78, 5) is 16.7. The number of carbonyl (C=O) groups is 1. The number of nitrogens with one attached hydrogen (secondary N) is 1. The van der Waals surface area contributed by atoms with Crippen LogP contribution in [0.4, 0.5) is 0 Å². The van der Waals surface area contributed by atoms with Crippen LogP contribution in [0.5, 0.6) is 11.5 Å². The second-order valence-electron chi connectivity index (χ2n) is 6.28. The topological polar surface area (TPSA) is 51.2 Å². The van der Waals surface area contributed by atoms with Gasteiger partial charge in [0.05, 0.1) is 15.7 Å². The molecule has 0 atom stereocenters. The Morgan fingerprint density at radius 2 is 1.85 bits per heavy atom. The molecule has 27 heavy (non-hydrogen) atoms. The van der Waals surface area contributed by atoms with Crippen LogP contribution in [0.3, 0.4) is 0 Å². The number of thiazole rings is 1. The van der Waals surface area contributed by atoms with Crippen molar-refractivity contribution in [3.05, 3.63) is 88.9 Å². The lowest BCUT2D eigenvalue weighted by Gasteiger charge is -2.09. The minimum atomic E-state index is -0.102. The molecule has 1 amide bonds. The van der Waals surface area contributed by atoms with Crippen LogP contribution >= 0.6 is 11.3 Å². The second kappa shape index (κ2) is 7.60. The van der Waals surface area contributed by atoms with Gasteiger partial charge >= 0.3 is 0 Å². The van der Waals surface area contributed by atoms with Crippen LogP contribution in [0, 0.1) is 6.92 Å². The number of ether oxygens (including phenoxy) is 1. The van der Waals surface area contributed by atoms with E-state index in [0.717, 1.165) is 32.8 Å². The first-order valence-corrected chi connectivity index (χ1v) is 9.50. The molecule has 0 saturated carbocycles. The summed E-state index contributed by atoms with van der Waals surface area (Å²) in [7, 11) is 0. The van der Waals surface area contributed by atoms with Crippen LogP contribution in [0.25, 0.3) is 10.2 Å². The summed E-state index contributed by atoms with van der Waals surface area (Å²) in [5.41, 5.74) is 5.46. The molecule has 0 unspecified atom stereocenters. The van der Waals surface area contributed by atoms with Crippen molar-refractivity contribution in [1.82, 2.24) is 10.3 Å². The molecule has 5 heteroatoms. The van der Waals surface area contributed by atoms with E-state index < -0.39 is 0 Å². The number of aromatic nitrogens is 1. The van der Waals surface area contributed by atoms with Crippen molar-refractivity contribution in [3.8, 4) is 11.5 Å². The van der Waals surface area contributed by atoms with Crippen LogP contribution in [0.2, 0.25) is 0 Å². The molecule has 0 bridgehead atoms. The molecule has 1 heterocycles. The van der Waals surface area contributed by atoms with Crippen LogP contribution in [0.1, 0.15) is 21.5 Å². The molecular weight excluding hydrogens is 356 g/mol. The Morgan fingerprint density at radius 3 is 2.70 bits per heavy atom. The van der Waals surface area contributed by atoms with Gasteiger partial charge in [-0.2, -0.15) is 0 Å². The number of nitrogens with zero attached hydrogens (tertiary/aromatic N) is 1. The Kier molecular flexibility index (Phi) is 4.85. The van der Waals surface area contributed by atoms with Gasteiger partial charge in [0, 0.05) is 12.1 Å². The summed E-state index contributed by atoms with van der Waals surface area (Å²) >= 11 is 1.53. The van der Waals surface area contributed by atoms with Gasteiger partial charge in [-0.25, -0.2) is 4.98 Å². The van der Waals surface area contributed by atoms with Gasteiger partial charge in [0.15, 0.2) is 0 Å². The molecule has 0 spiro atoms. The Balaban J connectivity index is 1.42. The molecule has 134 valence electrons. The largest absolute Gasteiger partial charge is 0.457 e. The molecule has 4 aromatic rings. The van der Waals surface area contributed by atoms with E-state index >= 15 is 0 Å². The highest BCUT2D eigenvalue weighted by Crippen LogP contribution is 2.23. The van der Waals surface area contributed by atoms with Crippen LogP contribution in [-0.2, 0) is 6.54 Å². The van der Waals surface area contributed by atoms with Crippen molar-refractivity contribution >= 4 is 27.5 Å². The highest BCUT2D eigenvalue weighted by Gasteiger charge is 2.08. The van der Waals surface area contributed by atoms with Crippen molar-refractivity contribution in [1.29, 1.82) is 0 Å². The number of carbonyl (C=O) groups excluding carboxylic acids is 1. The molecule has 0 aliphatic heterocycles. The zero-order valence-electron chi connectivity index (χ0n) is 14.8. The smallest absolute Gasteiger partial charge is 0.251 e. The summed E-state index contributed by atoms with van der Waals surface area (Å²) < 4.78 is 6.92. The molecule has 0 radical (unpaired) electrons. The van der Waals surface area contributed by atoms with E-state index in [2.05, 4.69) is 10.3 Å². The lowest BCUT2D eigenvalue weighted by atomic mass is 10.1. The van der Waals surface area contributed by atoms with E-state index in [0.29, 0.717) is 12.1 Å². The minimum Gasteiger partial charge on any atom is -0.457 e. The van der Waals surface area contributed by atoms with E-state index in [1.165, 1.54) is 11.3 Å². The fourth-order valence-electron chi connectivity index (χ4n) is 2.81. The second-order valence-corrected chi connectivity index (χ2v) is 7.17. The van der Waals surface area contributed by atoms with Gasteiger partial charge in [-0.15, -0.1) is 11.3 Å². The van der Waals surface area contributed by atoms with Gasteiger partial charge in [-0.05, 0) is 60.5 Å². The van der Waals surface area contributed by atoms with Crippen LogP contribution in [0.15, 0.2) is 72.2 Å². The zero-order chi connectivity index (χ0) is 18.6. The normalized spacial score (nSPS) is 10.7. The lowest BCUT2D eigenvalue weighted by molar-refractivity contribution is 0.0951. The third-order valence-electron chi connectivity index (χ3n) is 4.17. The van der Waals surface area contributed by atoms with Gasteiger partial charge in [-0.1, -0.05) is 24.3 Å². The number of hydrogen-bond acceptors (Lipinski definition) is 4. The van der Waals surface area contributed by atoms with Gasteiger partial charge in [0.25, 0.3) is 5.91 Å². The maximum atomic E-state index is 12.4. The summed E-state index contributed by atoms with van der Waals surface area (Å²) in [6, 6.07) is 21.2. The molecule has 4 nitrogen and oxygen atoms in total. The number of benzene rings is 3. The molecule has 0 aliphatic carbocycles. The van der Waals surface area contributed by atoms with Gasteiger partial charge in [0.2, 0.25) is 0 Å². The minimum absolute atomic E-state index is 0.102. The number of aryl methyl sites for hydroxylation is 1. The SMILES string of the molecule is Cc1cccc(Oc2cccc(CNC(=O)c3ccc4ncsc4c3)c2)c1. The van der Waals surface area contributed by atoms with E-state index in [-0.39, 0.29) is 5.91 Å². The van der Waals surface area contributed by atoms with Gasteiger partial charge < -0.3 is 10.1 Å². The summed E-state index contributed by atoms with van der Waals surface area (Å²) in [6.45, 7) is 2.47. The van der Waals surface area contributed by atoms with Crippen molar-refractivity contribution in [3.63, 3.8) is 0 Å². The number of amides is 1. The van der Waals surface area contributed by atoms with Crippen molar-refractivity contribution in [2.45, 2.75) is 13.5 Å². The first-order valence-electron chi connectivity index (χ1n) is 8.62. The fraction of sp³-hybridized carbons (Fsp3) is 0.0909. The Labute approximate surface area is 161 Å². The quantitative estimate of drug-likeness (QED) is 0.514. The molecule has 0 aliphatic rings. The highest BCUT2D eigenvalue weighted by atomic mass is 32.1. The zero-order valence-corrected chi connectivity index (χ0v) is 15.6. The summed E-state index contributed by atoms with van der Waals surface area (Å²) in [5, 5.41) is 2.96. The van der Waals surface area contributed by atoms with E-state index in [1.807, 2.05) is 67.6 Å². The van der Waals surface area contributed by atoms with Crippen molar-refractivity contribution < 1.29 is 9.53 Å². The Hall–Kier alpha value is -3.18. The number of fused-ring (bicyclic) bond motifs is 1. The lowest BCUT2D eigenvalue weighted by Crippen LogP contribution is -2.22. The Bertz CT molecular complexity index is 1100. The monoisotopic (exact) mass is 374 g/mol. The molecule has 3 aromatic carbocycles. The van der Waals surface area contributed by atoms with Gasteiger partial charge in [-0.3, -0.25) is 4.79 Å². The standard InChI is InChI=1S/C22H18N2O2S/c1-15-4-2-6-18(10-15)26-19-7-3-5-16(11-19)13-23-22(25)17-8-9-20-21(12-17)27-14-24-20/h2-12,14H,13H2,1H3,(H,23,25). The third-order valence-corrected chi connectivity index (χ3v) is 4.96. The molecule has 1 aromatic heterocycles. The average molecular weight is 374 g/mol. The predicted molar refractivity (Wildman–Crippen MR) is 108 cm³/mol. The molecular formula is C22H18N2O2S. The molecule has 1 N–H and O–H groups in total. The molecule has 0 fully saturated rings. The first kappa shape index (κ1) is 17.2. The third kappa shape index (κ3) is 4.15. The van der Waals surface area contributed by atoms with E-state index in [4.69, 9.17) is 4.74 Å². The van der Waals surface area contributed by atoms with E-state index in [9.17, 15) is 4.79 Å². The highest BCUT2D eigenvalue weighted by molar-refractivity contribution is 7.16. The Morgan fingerprint density at radius 1 is 1.04 bits per heavy atom. The number of hydrogen-bond donors (Lipinski definition) is 1. The van der Waals surface area contributed by atoms with E-state index in [1.54, 1.807) is 11.6 Å². The fourth-order valence-corrected chi connectivity index (χ4v) is 3.53. The molecule has 4 rings (SSSR count). The van der Waals surface area contributed by atoms with Crippen LogP contribution in [-0.4, -0.2) is 10.9 Å². The van der Waals surface area contributed by atoms with Crippen molar-refractivity contribution in [2.24, 2.45) is 0 Å². The average Bonchev–Trinajstić information content (AvgIpc) is 3.14. The summed E-state index contributed by atoms with van der Waals surface area (Å²) in [5.74, 6) is 1.45. The number of rotatable bonds is 5. The molecule has 0 saturated heterocycles. The van der Waals surface area contributed by atoms with Crippen LogP contribution < -0.4 is 10.1 Å². The summed E-state index contributed by atoms with van der Waals surface area (Å²) in [6.07, 6.45) is 0. The first-order chi connectivity index (χ1) is 13.2. The maximum absolute atomic E-state index is 12.4. The van der Waals surface area contributed by atoms with Crippen molar-refractivity contribution in [2.75, 3.05) is 0 Å². The maximum Gasteiger partial charge on any atom is 0.251 e.